The van der Waals surface area contributed by atoms with Crippen molar-refractivity contribution in [1.82, 2.24) is 10.3 Å². The van der Waals surface area contributed by atoms with Gasteiger partial charge in [0.15, 0.2) is 5.13 Å². The van der Waals surface area contributed by atoms with Gasteiger partial charge in [-0.15, -0.1) is 11.3 Å². The maximum atomic E-state index is 11.6. The van der Waals surface area contributed by atoms with E-state index in [9.17, 15) is 9.59 Å². The number of carbonyl (C=O) groups is 2. The summed E-state index contributed by atoms with van der Waals surface area (Å²) >= 11 is 1.42. The van der Waals surface area contributed by atoms with E-state index in [0.717, 1.165) is 17.7 Å². The van der Waals surface area contributed by atoms with Gasteiger partial charge in [0.05, 0.1) is 0 Å². The summed E-state index contributed by atoms with van der Waals surface area (Å²) in [7, 11) is 0. The predicted octanol–water partition coefficient (Wildman–Crippen LogP) is 2.85. The second kappa shape index (κ2) is 8.52. The van der Waals surface area contributed by atoms with Crippen molar-refractivity contribution < 1.29 is 14.7 Å². The molecule has 0 aliphatic heterocycles. The SMILES string of the molecule is CCC(CCNC(=O)Nc1ncc(C)s1)CCC(=O)O. The van der Waals surface area contributed by atoms with Crippen LogP contribution in [0.15, 0.2) is 6.20 Å². The van der Waals surface area contributed by atoms with Crippen molar-refractivity contribution in [2.45, 2.75) is 39.5 Å². The van der Waals surface area contributed by atoms with Crippen molar-refractivity contribution in [1.29, 1.82) is 0 Å². The third-order valence-electron chi connectivity index (χ3n) is 3.02. The third kappa shape index (κ3) is 6.51. The Hall–Kier alpha value is -1.63. The zero-order valence-electron chi connectivity index (χ0n) is 11.8. The van der Waals surface area contributed by atoms with Crippen LogP contribution in [-0.2, 0) is 4.79 Å². The molecule has 0 spiro atoms. The van der Waals surface area contributed by atoms with Gasteiger partial charge >= 0.3 is 12.0 Å². The lowest BCUT2D eigenvalue weighted by molar-refractivity contribution is -0.137. The summed E-state index contributed by atoms with van der Waals surface area (Å²) in [5.41, 5.74) is 0. The number of carboxylic acids is 1. The van der Waals surface area contributed by atoms with Crippen LogP contribution >= 0.6 is 11.3 Å². The highest BCUT2D eigenvalue weighted by Crippen LogP contribution is 2.16. The standard InChI is InChI=1S/C13H21N3O3S/c1-3-10(4-5-11(17)18)6-7-14-12(19)16-13-15-8-9(2)20-13/h8,10H,3-7H2,1-2H3,(H,17,18)(H2,14,15,16,19). The first-order chi connectivity index (χ1) is 9.51. The van der Waals surface area contributed by atoms with Gasteiger partial charge in [-0.05, 0) is 25.7 Å². The second-order valence-corrected chi connectivity index (χ2v) is 5.89. The molecule has 20 heavy (non-hydrogen) atoms. The van der Waals surface area contributed by atoms with E-state index >= 15 is 0 Å². The first-order valence-electron chi connectivity index (χ1n) is 6.70. The number of amides is 2. The van der Waals surface area contributed by atoms with Gasteiger partial charge in [-0.1, -0.05) is 13.3 Å². The van der Waals surface area contributed by atoms with Gasteiger partial charge in [-0.3, -0.25) is 10.1 Å². The number of urea groups is 1. The van der Waals surface area contributed by atoms with Crippen molar-refractivity contribution >= 4 is 28.5 Å². The Morgan fingerprint density at radius 1 is 1.45 bits per heavy atom. The monoisotopic (exact) mass is 299 g/mol. The lowest BCUT2D eigenvalue weighted by atomic mass is 9.97. The molecule has 0 fully saturated rings. The molecule has 1 heterocycles. The maximum absolute atomic E-state index is 11.6. The summed E-state index contributed by atoms with van der Waals surface area (Å²) < 4.78 is 0. The Morgan fingerprint density at radius 3 is 2.75 bits per heavy atom. The van der Waals surface area contributed by atoms with E-state index < -0.39 is 5.97 Å². The van der Waals surface area contributed by atoms with Crippen LogP contribution in [0.25, 0.3) is 0 Å². The fourth-order valence-corrected chi connectivity index (χ4v) is 2.48. The topological polar surface area (TPSA) is 91.3 Å². The number of rotatable bonds is 8. The average Bonchev–Trinajstić information content (AvgIpc) is 2.78. The van der Waals surface area contributed by atoms with Gasteiger partial charge in [0.2, 0.25) is 0 Å². The molecule has 1 aromatic heterocycles. The molecular formula is C13H21N3O3S. The van der Waals surface area contributed by atoms with E-state index in [1.54, 1.807) is 6.20 Å². The molecule has 0 bridgehead atoms. The number of aryl methyl sites for hydroxylation is 1. The van der Waals surface area contributed by atoms with E-state index in [2.05, 4.69) is 15.6 Å². The molecule has 0 radical (unpaired) electrons. The van der Waals surface area contributed by atoms with E-state index in [1.165, 1.54) is 11.3 Å². The number of thiazole rings is 1. The summed E-state index contributed by atoms with van der Waals surface area (Å²) in [6.07, 6.45) is 4.25. The number of aliphatic carboxylic acids is 1. The first kappa shape index (κ1) is 16.4. The van der Waals surface area contributed by atoms with Gasteiger partial charge in [-0.25, -0.2) is 9.78 Å². The zero-order chi connectivity index (χ0) is 15.0. The molecule has 2 amide bonds. The number of aromatic nitrogens is 1. The Labute approximate surface area is 122 Å². The Morgan fingerprint density at radius 2 is 2.20 bits per heavy atom. The van der Waals surface area contributed by atoms with E-state index in [4.69, 9.17) is 5.11 Å². The molecular weight excluding hydrogens is 278 g/mol. The molecule has 7 heteroatoms. The summed E-state index contributed by atoms with van der Waals surface area (Å²) in [4.78, 5) is 27.2. The lowest BCUT2D eigenvalue weighted by Gasteiger charge is -2.13. The number of hydrogen-bond donors (Lipinski definition) is 3. The molecule has 6 nitrogen and oxygen atoms in total. The summed E-state index contributed by atoms with van der Waals surface area (Å²) in [5, 5.41) is 14.7. The maximum Gasteiger partial charge on any atom is 0.321 e. The highest BCUT2D eigenvalue weighted by atomic mass is 32.1. The summed E-state index contributed by atoms with van der Waals surface area (Å²) in [6.45, 7) is 4.49. The smallest absolute Gasteiger partial charge is 0.321 e. The van der Waals surface area contributed by atoms with Crippen LogP contribution in [-0.4, -0.2) is 28.6 Å². The fourth-order valence-electron chi connectivity index (χ4n) is 1.82. The molecule has 0 aliphatic carbocycles. The molecule has 0 aromatic carbocycles. The number of anilines is 1. The van der Waals surface area contributed by atoms with Crippen LogP contribution < -0.4 is 10.6 Å². The molecule has 1 aromatic rings. The van der Waals surface area contributed by atoms with Gasteiger partial charge < -0.3 is 10.4 Å². The third-order valence-corrected chi connectivity index (χ3v) is 3.85. The fraction of sp³-hybridized carbons (Fsp3) is 0.615. The van der Waals surface area contributed by atoms with Gasteiger partial charge in [0, 0.05) is 24.0 Å². The van der Waals surface area contributed by atoms with E-state index in [1.807, 2.05) is 13.8 Å². The van der Waals surface area contributed by atoms with E-state index in [-0.39, 0.29) is 12.5 Å². The molecule has 0 saturated carbocycles. The Bertz CT molecular complexity index is 448. The van der Waals surface area contributed by atoms with Crippen LogP contribution in [0.4, 0.5) is 9.93 Å². The highest BCUT2D eigenvalue weighted by Gasteiger charge is 2.10. The molecule has 1 unspecified atom stereocenters. The van der Waals surface area contributed by atoms with Crippen LogP contribution in [0.1, 0.15) is 37.5 Å². The highest BCUT2D eigenvalue weighted by molar-refractivity contribution is 7.15. The van der Waals surface area contributed by atoms with Crippen LogP contribution in [0, 0.1) is 12.8 Å². The Balaban J connectivity index is 2.21. The van der Waals surface area contributed by atoms with E-state index in [0.29, 0.717) is 24.0 Å². The first-order valence-corrected chi connectivity index (χ1v) is 7.52. The average molecular weight is 299 g/mol. The van der Waals surface area contributed by atoms with Gasteiger partial charge in [-0.2, -0.15) is 0 Å². The van der Waals surface area contributed by atoms with Crippen LogP contribution in [0.5, 0.6) is 0 Å². The van der Waals surface area contributed by atoms with Crippen LogP contribution in [0.2, 0.25) is 0 Å². The number of hydrogen-bond acceptors (Lipinski definition) is 4. The van der Waals surface area contributed by atoms with Crippen molar-refractivity contribution in [3.63, 3.8) is 0 Å². The number of nitrogens with zero attached hydrogens (tertiary/aromatic N) is 1. The van der Waals surface area contributed by atoms with Gasteiger partial charge in [0.25, 0.3) is 0 Å². The minimum Gasteiger partial charge on any atom is -0.481 e. The molecule has 112 valence electrons. The van der Waals surface area contributed by atoms with Gasteiger partial charge in [0.1, 0.15) is 0 Å². The predicted molar refractivity (Wildman–Crippen MR) is 79.1 cm³/mol. The quantitative estimate of drug-likeness (QED) is 0.688. The van der Waals surface area contributed by atoms with Crippen molar-refractivity contribution in [2.75, 3.05) is 11.9 Å². The zero-order valence-corrected chi connectivity index (χ0v) is 12.6. The number of nitrogens with one attached hydrogen (secondary N) is 2. The molecule has 3 N–H and O–H groups in total. The molecule has 0 saturated heterocycles. The second-order valence-electron chi connectivity index (χ2n) is 4.65. The number of carbonyl (C=O) groups excluding carboxylic acids is 1. The summed E-state index contributed by atoms with van der Waals surface area (Å²) in [6, 6.07) is -0.271. The van der Waals surface area contributed by atoms with Crippen LogP contribution in [0.3, 0.4) is 0 Å². The van der Waals surface area contributed by atoms with Crippen molar-refractivity contribution in [3.05, 3.63) is 11.1 Å². The summed E-state index contributed by atoms with van der Waals surface area (Å²) in [5.74, 6) is -0.443. The van der Waals surface area contributed by atoms with Crippen molar-refractivity contribution in [3.8, 4) is 0 Å². The largest absolute Gasteiger partial charge is 0.481 e. The molecule has 0 aliphatic rings. The minimum atomic E-state index is -0.770. The normalized spacial score (nSPS) is 11.9. The minimum absolute atomic E-state index is 0.184. The number of carboxylic acid groups (broad SMARTS) is 1. The van der Waals surface area contributed by atoms with Crippen molar-refractivity contribution in [2.24, 2.45) is 5.92 Å². The Kier molecular flexibility index (Phi) is 7.00. The molecule has 1 atom stereocenters. The molecule has 1 rings (SSSR count). The lowest BCUT2D eigenvalue weighted by Crippen LogP contribution is -2.30.